The summed E-state index contributed by atoms with van der Waals surface area (Å²) in [6, 6.07) is 0.787. The Morgan fingerprint density at radius 1 is 1.56 bits per heavy atom. The van der Waals surface area contributed by atoms with E-state index >= 15 is 0 Å². The number of rotatable bonds is 0. The molecule has 0 aromatic heterocycles. The fourth-order valence-corrected chi connectivity index (χ4v) is 1.54. The van der Waals surface area contributed by atoms with E-state index in [4.69, 9.17) is 10.5 Å². The van der Waals surface area contributed by atoms with E-state index in [0.717, 1.165) is 12.8 Å². The largest absolute Gasteiger partial charge is 0.460 e. The van der Waals surface area contributed by atoms with Gasteiger partial charge in [-0.2, -0.15) is 0 Å². The lowest BCUT2D eigenvalue weighted by molar-refractivity contribution is 0.208. The van der Waals surface area contributed by atoms with Crippen molar-refractivity contribution < 1.29 is 4.74 Å². The lowest BCUT2D eigenvalue weighted by Gasteiger charge is -2.04. The molecule has 2 N–H and O–H groups in total. The number of nitrogens with zero attached hydrogens (tertiary/aromatic N) is 1. The van der Waals surface area contributed by atoms with Crippen LogP contribution in [0.2, 0.25) is 0 Å². The van der Waals surface area contributed by atoms with Gasteiger partial charge >= 0.3 is 0 Å². The third kappa shape index (κ3) is 0.677. The normalized spacial score (nSPS) is 39.8. The fourth-order valence-electron chi connectivity index (χ4n) is 1.54. The first-order chi connectivity index (χ1) is 4.36. The van der Waals surface area contributed by atoms with E-state index in [1.165, 1.54) is 6.42 Å². The lowest BCUT2D eigenvalue weighted by atomic mass is 10.2. The van der Waals surface area contributed by atoms with Gasteiger partial charge in [-0.1, -0.05) is 0 Å². The van der Waals surface area contributed by atoms with Crippen LogP contribution in [0, 0.1) is 0 Å². The van der Waals surface area contributed by atoms with Gasteiger partial charge in [0, 0.05) is 0 Å². The predicted octanol–water partition coefficient (Wildman–Crippen LogP) is 0.252. The molecule has 0 spiro atoms. The van der Waals surface area contributed by atoms with Crippen molar-refractivity contribution >= 4 is 6.02 Å². The fraction of sp³-hybridized carbons (Fsp3) is 0.833. The molecule has 2 atom stereocenters. The van der Waals surface area contributed by atoms with Crippen LogP contribution in [0.25, 0.3) is 0 Å². The highest BCUT2D eigenvalue weighted by atomic mass is 16.5. The molecule has 0 aromatic rings. The topological polar surface area (TPSA) is 47.6 Å². The van der Waals surface area contributed by atoms with Crippen molar-refractivity contribution in [2.24, 2.45) is 10.7 Å². The summed E-state index contributed by atoms with van der Waals surface area (Å²) in [5.41, 5.74) is 5.35. The number of amidine groups is 1. The average Bonchev–Trinajstić information content (AvgIpc) is 2.22. The Morgan fingerprint density at radius 3 is 3.22 bits per heavy atom. The van der Waals surface area contributed by atoms with Gasteiger partial charge in [0.1, 0.15) is 6.10 Å². The molecular weight excluding hydrogens is 116 g/mol. The minimum atomic E-state index is 0.324. The zero-order chi connectivity index (χ0) is 6.27. The van der Waals surface area contributed by atoms with E-state index in [-0.39, 0.29) is 0 Å². The molecule has 0 saturated heterocycles. The minimum absolute atomic E-state index is 0.324. The molecule has 0 radical (unpaired) electrons. The SMILES string of the molecule is NC1=NC2CCCC2O1. The van der Waals surface area contributed by atoms with Crippen molar-refractivity contribution in [3.05, 3.63) is 0 Å². The van der Waals surface area contributed by atoms with E-state index in [9.17, 15) is 0 Å². The van der Waals surface area contributed by atoms with Gasteiger partial charge in [0.05, 0.1) is 6.04 Å². The summed E-state index contributed by atoms with van der Waals surface area (Å²) in [4.78, 5) is 4.12. The number of nitrogens with two attached hydrogens (primary N) is 1. The van der Waals surface area contributed by atoms with E-state index in [1.807, 2.05) is 0 Å². The van der Waals surface area contributed by atoms with Crippen molar-refractivity contribution in [2.45, 2.75) is 31.4 Å². The minimum Gasteiger partial charge on any atom is -0.460 e. The molecule has 2 unspecified atom stereocenters. The van der Waals surface area contributed by atoms with Crippen LogP contribution in [-0.2, 0) is 4.74 Å². The van der Waals surface area contributed by atoms with Crippen molar-refractivity contribution in [3.63, 3.8) is 0 Å². The highest BCUT2D eigenvalue weighted by Gasteiger charge is 2.33. The lowest BCUT2D eigenvalue weighted by Crippen LogP contribution is -2.18. The Bertz CT molecular complexity index is 155. The zero-order valence-electron chi connectivity index (χ0n) is 5.21. The van der Waals surface area contributed by atoms with Crippen LogP contribution in [-0.4, -0.2) is 18.2 Å². The predicted molar refractivity (Wildman–Crippen MR) is 34.1 cm³/mol. The molecule has 1 aliphatic heterocycles. The molecular formula is C6H10N2O. The van der Waals surface area contributed by atoms with E-state index in [1.54, 1.807) is 0 Å². The summed E-state index contributed by atoms with van der Waals surface area (Å²) in [5, 5.41) is 0. The van der Waals surface area contributed by atoms with Gasteiger partial charge in [-0.05, 0) is 19.3 Å². The van der Waals surface area contributed by atoms with E-state index in [2.05, 4.69) is 4.99 Å². The first-order valence-electron chi connectivity index (χ1n) is 3.36. The average molecular weight is 126 g/mol. The van der Waals surface area contributed by atoms with Crippen molar-refractivity contribution in [1.82, 2.24) is 0 Å². The molecule has 2 rings (SSSR count). The molecule has 0 bridgehead atoms. The van der Waals surface area contributed by atoms with Gasteiger partial charge in [0.15, 0.2) is 0 Å². The van der Waals surface area contributed by atoms with Gasteiger partial charge < -0.3 is 10.5 Å². The van der Waals surface area contributed by atoms with Crippen LogP contribution in [0.4, 0.5) is 0 Å². The Kier molecular flexibility index (Phi) is 0.917. The van der Waals surface area contributed by atoms with Crippen molar-refractivity contribution in [3.8, 4) is 0 Å². The maximum absolute atomic E-state index is 5.35. The third-order valence-electron chi connectivity index (χ3n) is 1.98. The summed E-state index contributed by atoms with van der Waals surface area (Å²) >= 11 is 0. The second-order valence-electron chi connectivity index (χ2n) is 2.62. The molecule has 1 saturated carbocycles. The maximum atomic E-state index is 5.35. The molecule has 1 fully saturated rings. The second-order valence-corrected chi connectivity index (χ2v) is 2.62. The summed E-state index contributed by atoms with van der Waals surface area (Å²) in [6.45, 7) is 0. The highest BCUT2D eigenvalue weighted by molar-refractivity contribution is 5.73. The van der Waals surface area contributed by atoms with Gasteiger partial charge in [-0.3, -0.25) is 0 Å². The van der Waals surface area contributed by atoms with E-state index in [0.29, 0.717) is 18.2 Å². The molecule has 3 heteroatoms. The summed E-state index contributed by atoms with van der Waals surface area (Å²) < 4.78 is 5.21. The quantitative estimate of drug-likeness (QED) is 0.506. The summed E-state index contributed by atoms with van der Waals surface area (Å²) in [6.07, 6.45) is 3.86. The number of hydrogen-bond donors (Lipinski definition) is 1. The number of fused-ring (bicyclic) bond motifs is 1. The molecule has 0 aromatic carbocycles. The first kappa shape index (κ1) is 5.09. The molecule has 2 aliphatic rings. The maximum Gasteiger partial charge on any atom is 0.282 e. The summed E-state index contributed by atoms with van der Waals surface area (Å²) in [5.74, 6) is 0. The van der Waals surface area contributed by atoms with Gasteiger partial charge in [-0.25, -0.2) is 4.99 Å². The second kappa shape index (κ2) is 1.62. The number of aliphatic imine (C=N–C) groups is 1. The van der Waals surface area contributed by atoms with Crippen LogP contribution in [0.5, 0.6) is 0 Å². The standard InChI is InChI=1S/C6H10N2O/c7-6-8-4-2-1-3-5(4)9-6/h4-5H,1-3H2,(H2,7,8). The van der Waals surface area contributed by atoms with Gasteiger partial charge in [0.2, 0.25) is 0 Å². The number of hydrogen-bond acceptors (Lipinski definition) is 3. The Hall–Kier alpha value is -0.730. The first-order valence-corrected chi connectivity index (χ1v) is 3.36. The van der Waals surface area contributed by atoms with Crippen LogP contribution in [0.3, 0.4) is 0 Å². The van der Waals surface area contributed by atoms with E-state index < -0.39 is 0 Å². The highest BCUT2D eigenvalue weighted by Crippen LogP contribution is 2.28. The van der Waals surface area contributed by atoms with Crippen molar-refractivity contribution in [2.75, 3.05) is 0 Å². The Balaban J connectivity index is 2.13. The van der Waals surface area contributed by atoms with Gasteiger partial charge in [-0.15, -0.1) is 0 Å². The molecule has 0 amide bonds. The number of ether oxygens (including phenoxy) is 1. The molecule has 9 heavy (non-hydrogen) atoms. The van der Waals surface area contributed by atoms with Crippen LogP contribution < -0.4 is 5.73 Å². The van der Waals surface area contributed by atoms with Crippen LogP contribution in [0.1, 0.15) is 19.3 Å². The zero-order valence-corrected chi connectivity index (χ0v) is 5.21. The molecule has 1 heterocycles. The van der Waals surface area contributed by atoms with Crippen LogP contribution >= 0.6 is 0 Å². The Labute approximate surface area is 53.9 Å². The summed E-state index contributed by atoms with van der Waals surface area (Å²) in [7, 11) is 0. The van der Waals surface area contributed by atoms with Crippen molar-refractivity contribution in [1.29, 1.82) is 0 Å². The van der Waals surface area contributed by atoms with Crippen LogP contribution in [0.15, 0.2) is 4.99 Å². The smallest absolute Gasteiger partial charge is 0.282 e. The van der Waals surface area contributed by atoms with Gasteiger partial charge in [0.25, 0.3) is 6.02 Å². The third-order valence-corrected chi connectivity index (χ3v) is 1.98. The molecule has 50 valence electrons. The monoisotopic (exact) mass is 126 g/mol. The Morgan fingerprint density at radius 2 is 2.44 bits per heavy atom. The molecule has 1 aliphatic carbocycles. The molecule has 3 nitrogen and oxygen atoms in total.